The summed E-state index contributed by atoms with van der Waals surface area (Å²) in [6, 6.07) is 60.4. The predicted molar refractivity (Wildman–Crippen MR) is 420 cm³/mol. The van der Waals surface area contributed by atoms with E-state index in [2.05, 4.69) is 109 Å². The van der Waals surface area contributed by atoms with Gasteiger partial charge in [-0.2, -0.15) is 4.57 Å². The second-order valence-electron chi connectivity index (χ2n) is 27.0. The minimum Gasteiger partial charge on any atom is -0.417 e. The van der Waals surface area contributed by atoms with E-state index < -0.39 is 27.9 Å². The van der Waals surface area contributed by atoms with Crippen molar-refractivity contribution >= 4 is 141 Å². The molecule has 6 aromatic carbocycles. The molecule has 0 atom stereocenters. The van der Waals surface area contributed by atoms with E-state index in [0.717, 1.165) is 126 Å². The first-order chi connectivity index (χ1) is 57.1. The number of thiophene rings is 1. The first-order valence-electron chi connectivity index (χ1n) is 40.6. The molecule has 17 nitrogen and oxygen atoms in total. The molecule has 15 aromatic heterocycles. The number of aryl methyl sites for hydroxylation is 5. The lowest BCUT2D eigenvalue weighted by Crippen LogP contribution is -2.32. The van der Waals surface area contributed by atoms with Crippen molar-refractivity contribution < 1.29 is 43.7 Å². The lowest BCUT2D eigenvalue weighted by Gasteiger charge is -2.03. The van der Waals surface area contributed by atoms with Crippen molar-refractivity contribution in [2.45, 2.75) is 32.7 Å². The van der Waals surface area contributed by atoms with Crippen LogP contribution in [0.4, 0.5) is 0 Å². The smallest absolute Gasteiger partial charge is 0.339 e. The third-order valence-corrected chi connectivity index (χ3v) is 25.0. The maximum absolute atomic E-state index is 8.37. The molecule has 0 saturated heterocycles. The van der Waals surface area contributed by atoms with Crippen molar-refractivity contribution in [3.05, 3.63) is 272 Å². The number of nitrogens with zero attached hydrogens (tertiary/aromatic N) is 16. The van der Waals surface area contributed by atoms with Crippen LogP contribution in [-0.2, 0) is 67.7 Å². The van der Waals surface area contributed by atoms with Crippen molar-refractivity contribution in [1.29, 1.82) is 0 Å². The number of rotatable bonds is 1. The molecule has 106 heavy (non-hydrogen) atoms. The van der Waals surface area contributed by atoms with Crippen LogP contribution in [0.3, 0.4) is 0 Å². The van der Waals surface area contributed by atoms with Gasteiger partial charge in [-0.15, -0.1) is 0 Å². The lowest BCUT2D eigenvalue weighted by atomic mass is 10.1. The van der Waals surface area contributed by atoms with E-state index in [1.807, 2.05) is 154 Å². The maximum Gasteiger partial charge on any atom is 0.339 e. The van der Waals surface area contributed by atoms with Gasteiger partial charge in [0.05, 0.1) is 113 Å². The molecule has 0 aliphatic carbocycles. The number of furan rings is 1. The van der Waals surface area contributed by atoms with E-state index in [1.54, 1.807) is 67.0 Å². The SMILES string of the molecule is Cn1c2ccncc2c2sc3[n+](c21)Cc1ccccc1-3.[2H]C([2H])([2H])[n+]1c2n(c3c4ccncc4n(-c4ccccc4)c31)Cc1ccccc1-2.[2H]C([2H])([2H])[n+]1c2n(c3c4ccncc4oc31)Cc1ccccc1-2.[2H]C([2H])([2H])[n+]1c2n(c3c4ccncc4sc31)Cc1ccccc1-2.[2H]C([2H])([2H])n1c2ccncc2c2sc3[n+](c21)Cc1ccccc1-3. The molecule has 5 aliphatic rings. The normalized spacial score (nSPS) is 15.1. The van der Waals surface area contributed by atoms with Gasteiger partial charge in [0.1, 0.15) is 57.8 Å². The zero-order valence-corrected chi connectivity index (χ0v) is 58.9. The van der Waals surface area contributed by atoms with Gasteiger partial charge in [-0.25, -0.2) is 45.7 Å². The van der Waals surface area contributed by atoms with E-state index in [0.29, 0.717) is 54.5 Å². The van der Waals surface area contributed by atoms with Crippen molar-refractivity contribution in [3.8, 4) is 61.0 Å². The molecule has 0 radical (unpaired) electrons. The van der Waals surface area contributed by atoms with E-state index in [9.17, 15) is 0 Å². The summed E-state index contributed by atoms with van der Waals surface area (Å²) in [5.74, 6) is 2.18. The highest BCUT2D eigenvalue weighted by atomic mass is 32.1. The summed E-state index contributed by atoms with van der Waals surface area (Å²) in [6.07, 6.45) is 17.7. The summed E-state index contributed by atoms with van der Waals surface area (Å²) < 4.78 is 127. The third-order valence-electron chi connectivity index (χ3n) is 21.4. The molecular weight excluding hydrogens is 1370 g/mol. The Hall–Kier alpha value is -12.6. The molecule has 0 unspecified atom stereocenters. The minimum atomic E-state index is -2.33. The largest absolute Gasteiger partial charge is 0.417 e. The Morgan fingerprint density at radius 2 is 0.877 bits per heavy atom. The summed E-state index contributed by atoms with van der Waals surface area (Å²) in [6.45, 7) is -5.40. The Morgan fingerprint density at radius 3 is 1.49 bits per heavy atom. The molecule has 0 fully saturated rings. The second-order valence-corrected chi connectivity index (χ2v) is 30.0. The Bertz CT molecular complexity index is 7620. The number of hydrogen-bond acceptors (Lipinski definition) is 9. The summed E-state index contributed by atoms with van der Waals surface area (Å²) in [5.41, 5.74) is 21.8. The van der Waals surface area contributed by atoms with Gasteiger partial charge >= 0.3 is 17.0 Å². The fraction of sp³-hybridized carbons (Fsp3) is 0.116. The maximum atomic E-state index is 8.37. The highest BCUT2D eigenvalue weighted by Crippen LogP contribution is 2.45. The van der Waals surface area contributed by atoms with Crippen LogP contribution >= 0.6 is 34.0 Å². The average molecular weight is 1450 g/mol. The van der Waals surface area contributed by atoms with Gasteiger partial charge < -0.3 is 4.42 Å². The Kier molecular flexibility index (Phi) is 10.9. The Morgan fingerprint density at radius 1 is 0.396 bits per heavy atom. The van der Waals surface area contributed by atoms with Crippen molar-refractivity contribution in [2.75, 3.05) is 0 Å². The molecule has 508 valence electrons. The van der Waals surface area contributed by atoms with Crippen LogP contribution in [0.5, 0.6) is 0 Å². The standard InChI is InChI=1S/C22H17N4.C16H12N3O.3C16H12N3S/c1-24-21-17-10-6-5-7-15(17)14-25(21)20-18-11-12-23-13-19(18)26(22(20)24)16-8-3-2-4-9-16;1-18-15-11-5-3-2-4-10(11)9-19(15)14-12-6-7-17-8-13(12)20-16(14)18;2*1-18-13-6-7-17-8-12(13)14-15(18)19-9-10-4-2-3-5-11(10)16(19)20-14;1-18-15-11-5-3-2-4-10(11)9-19(15)14-12-6-7-17-8-13(12)20-16(14)18/h2-13H,14H2,1H3;4*2-8H,9H2,1H3/q5*+1/i3*1D3;;1D3. The van der Waals surface area contributed by atoms with Gasteiger partial charge in [0.2, 0.25) is 16.2 Å². The van der Waals surface area contributed by atoms with Crippen LogP contribution in [-0.4, -0.2) is 52.3 Å². The number of aromatic nitrogens is 16. The van der Waals surface area contributed by atoms with Crippen LogP contribution in [0.1, 0.15) is 44.3 Å². The van der Waals surface area contributed by atoms with E-state index in [1.165, 1.54) is 78.1 Å². The molecule has 0 N–H and O–H groups in total. The monoisotopic (exact) mass is 1450 g/mol. The molecular formula is C86H65N16OS3+5. The van der Waals surface area contributed by atoms with Gasteiger partial charge in [0.15, 0.2) is 26.6 Å². The number of para-hydroxylation sites is 1. The summed E-state index contributed by atoms with van der Waals surface area (Å²) in [7, 11) is 2.15. The lowest BCUT2D eigenvalue weighted by molar-refractivity contribution is -0.644. The van der Waals surface area contributed by atoms with E-state index >= 15 is 0 Å². The Balaban J connectivity index is 0.0000000894. The molecule has 5 aliphatic heterocycles. The van der Waals surface area contributed by atoms with Gasteiger partial charge in [0, 0.05) is 100 Å². The van der Waals surface area contributed by atoms with Crippen molar-refractivity contribution in [3.63, 3.8) is 0 Å². The molecule has 20 heteroatoms. The first-order valence-corrected chi connectivity index (χ1v) is 37.1. The molecule has 0 bridgehead atoms. The molecule has 0 spiro atoms. The van der Waals surface area contributed by atoms with Crippen LogP contribution in [0, 0.1) is 0 Å². The van der Waals surface area contributed by atoms with E-state index in [-0.39, 0.29) is 0 Å². The highest BCUT2D eigenvalue weighted by molar-refractivity contribution is 7.25. The fourth-order valence-electron chi connectivity index (χ4n) is 16.8. The van der Waals surface area contributed by atoms with Crippen LogP contribution in [0.2, 0.25) is 0 Å². The zero-order chi connectivity index (χ0) is 80.3. The molecule has 0 amide bonds. The summed E-state index contributed by atoms with van der Waals surface area (Å²) >= 11 is 5.02. The molecule has 0 saturated carbocycles. The van der Waals surface area contributed by atoms with Gasteiger partial charge in [-0.05, 0) is 66.2 Å². The number of benzene rings is 6. The van der Waals surface area contributed by atoms with Gasteiger partial charge in [-0.3, -0.25) is 24.9 Å². The fourth-order valence-corrected chi connectivity index (χ4v) is 20.6. The van der Waals surface area contributed by atoms with Crippen LogP contribution in [0.15, 0.2) is 248 Å². The molecule has 21 aromatic rings. The zero-order valence-electron chi connectivity index (χ0n) is 68.4. The second kappa shape index (κ2) is 23.2. The van der Waals surface area contributed by atoms with Crippen molar-refractivity contribution in [2.24, 2.45) is 35.0 Å². The number of hydrogen-bond donors (Lipinski definition) is 0. The van der Waals surface area contributed by atoms with Crippen LogP contribution in [0.25, 0.3) is 168 Å². The minimum absolute atomic E-state index is 0.373. The van der Waals surface area contributed by atoms with Crippen LogP contribution < -0.4 is 22.8 Å². The Labute approximate surface area is 634 Å². The first kappa shape index (κ1) is 49.9. The van der Waals surface area contributed by atoms with Gasteiger partial charge in [0.25, 0.3) is 17.3 Å². The topological polar surface area (TPSA) is 127 Å². The number of thiazole rings is 2. The molecule has 20 heterocycles. The molecule has 26 rings (SSSR count). The van der Waals surface area contributed by atoms with Crippen molar-refractivity contribution in [1.82, 2.24) is 52.3 Å². The van der Waals surface area contributed by atoms with E-state index in [4.69, 9.17) is 20.9 Å². The van der Waals surface area contributed by atoms with Gasteiger partial charge in [-0.1, -0.05) is 143 Å². The number of pyridine rings is 5. The number of fused-ring (bicyclic) bond motifs is 35. The summed E-state index contributed by atoms with van der Waals surface area (Å²) in [4.78, 5) is 21.8. The third kappa shape index (κ3) is 8.67. The summed E-state index contributed by atoms with van der Waals surface area (Å²) in [5, 5.41) is 7.60. The number of imidazole rings is 3. The highest BCUT2D eigenvalue weighted by Gasteiger charge is 2.40. The average Bonchev–Trinajstić information content (AvgIpc) is 1.58. The quantitative estimate of drug-likeness (QED) is 0.151. The predicted octanol–water partition coefficient (Wildman–Crippen LogP) is 15.8.